The molecule has 3 aromatic carbocycles. The molecular formula is C22H14GaN2O3. The van der Waals surface area contributed by atoms with Crippen molar-refractivity contribution < 1.29 is 11.5 Å². The van der Waals surface area contributed by atoms with Gasteiger partial charge in [0.05, 0.1) is 0 Å². The van der Waals surface area contributed by atoms with E-state index in [4.69, 9.17) is 16.5 Å². The van der Waals surface area contributed by atoms with E-state index in [1.165, 1.54) is 0 Å². The third kappa shape index (κ3) is 3.24. The Morgan fingerprint density at radius 2 is 1.25 bits per heavy atom. The van der Waals surface area contributed by atoms with Crippen LogP contribution in [0, 0.1) is 0 Å². The van der Waals surface area contributed by atoms with Crippen LogP contribution >= 0.6 is 0 Å². The van der Waals surface area contributed by atoms with Crippen molar-refractivity contribution in [3.8, 4) is 11.5 Å². The molecule has 0 saturated heterocycles. The van der Waals surface area contributed by atoms with Crippen LogP contribution in [0.15, 0.2) is 87.2 Å². The number of para-hydroxylation sites is 3. The van der Waals surface area contributed by atoms with E-state index in [-0.39, 0.29) is 0 Å². The van der Waals surface area contributed by atoms with Crippen molar-refractivity contribution in [1.82, 2.24) is 0 Å². The Morgan fingerprint density at radius 1 is 0.643 bits per heavy atom. The van der Waals surface area contributed by atoms with Gasteiger partial charge in [-0.15, -0.1) is 0 Å². The molecular weight excluding hydrogens is 410 g/mol. The number of rotatable bonds is 0. The Kier molecular flexibility index (Phi) is 4.48. The predicted molar refractivity (Wildman–Crippen MR) is 111 cm³/mol. The van der Waals surface area contributed by atoms with E-state index < -0.39 is 18.1 Å². The van der Waals surface area contributed by atoms with Crippen LogP contribution in [-0.2, 0) is 0 Å². The van der Waals surface area contributed by atoms with Gasteiger partial charge in [-0.05, 0) is 0 Å². The minimum absolute atomic E-state index is 0.462. The molecule has 1 aliphatic rings. The summed E-state index contributed by atoms with van der Waals surface area (Å²) < 4.78 is 17.9. The van der Waals surface area contributed by atoms with E-state index in [1.54, 1.807) is 12.4 Å². The summed E-state index contributed by atoms with van der Waals surface area (Å²) in [5, 5.41) is 0.916. The molecule has 1 radical (unpaired) electrons. The topological polar surface area (TPSA) is 56.3 Å². The van der Waals surface area contributed by atoms with Crippen molar-refractivity contribution >= 4 is 53.1 Å². The van der Waals surface area contributed by atoms with Crippen LogP contribution in [0.5, 0.6) is 11.5 Å². The number of benzene rings is 3. The third-order valence-corrected chi connectivity index (χ3v) is 5.86. The molecule has 5 nitrogen and oxygen atoms in total. The molecule has 2 heterocycles. The molecule has 4 aromatic rings. The van der Waals surface area contributed by atoms with Crippen molar-refractivity contribution in [3.63, 3.8) is 0 Å². The first-order chi connectivity index (χ1) is 13.9. The summed E-state index contributed by atoms with van der Waals surface area (Å²) in [6, 6.07) is 23.3. The van der Waals surface area contributed by atoms with Gasteiger partial charge < -0.3 is 0 Å². The Hall–Kier alpha value is -3.22. The number of aliphatic imine (C=N–C) groups is 2. The normalized spacial score (nSPS) is 12.9. The summed E-state index contributed by atoms with van der Waals surface area (Å²) in [5.74, 6) is 1.98. The first kappa shape index (κ1) is 16.9. The Morgan fingerprint density at radius 3 is 2.00 bits per heavy atom. The van der Waals surface area contributed by atoms with E-state index in [0.717, 1.165) is 33.6 Å². The van der Waals surface area contributed by atoms with Gasteiger partial charge in [-0.1, -0.05) is 0 Å². The number of hydrogen-bond donors (Lipinski definition) is 0. The summed E-state index contributed by atoms with van der Waals surface area (Å²) in [6.07, 6.45) is 3.53. The molecule has 0 bridgehead atoms. The van der Waals surface area contributed by atoms with Crippen molar-refractivity contribution in [3.05, 3.63) is 83.9 Å². The summed E-state index contributed by atoms with van der Waals surface area (Å²) >= 11 is -1.44. The molecule has 0 unspecified atom stereocenters. The summed E-state index contributed by atoms with van der Waals surface area (Å²) in [4.78, 5) is 9.28. The van der Waals surface area contributed by atoms with Gasteiger partial charge in [0, 0.05) is 0 Å². The van der Waals surface area contributed by atoms with Gasteiger partial charge in [0.2, 0.25) is 0 Å². The summed E-state index contributed by atoms with van der Waals surface area (Å²) in [6.45, 7) is 0. The van der Waals surface area contributed by atoms with E-state index in [9.17, 15) is 0 Å². The van der Waals surface area contributed by atoms with Gasteiger partial charge in [-0.25, -0.2) is 0 Å². The van der Waals surface area contributed by atoms with E-state index in [1.807, 2.05) is 72.8 Å². The monoisotopic (exact) mass is 423 g/mol. The second kappa shape index (κ2) is 7.42. The fourth-order valence-electron chi connectivity index (χ4n) is 3.01. The Bertz CT molecular complexity index is 1210. The van der Waals surface area contributed by atoms with Gasteiger partial charge in [0.25, 0.3) is 0 Å². The van der Waals surface area contributed by atoms with Crippen LogP contribution < -0.4 is 7.06 Å². The molecule has 0 aliphatic carbocycles. The molecule has 0 N–H and O–H groups in total. The average Bonchev–Trinajstić information content (AvgIpc) is 3.09. The molecule has 0 saturated carbocycles. The first-order valence-corrected chi connectivity index (χ1v) is 10.8. The number of nitrogens with zero attached hydrogens (tertiary/aromatic N) is 2. The first-order valence-electron chi connectivity index (χ1n) is 8.81. The molecule has 6 heteroatoms. The molecule has 1 aliphatic heterocycles. The van der Waals surface area contributed by atoms with Crippen molar-refractivity contribution in [1.29, 1.82) is 0 Å². The average molecular weight is 424 g/mol. The van der Waals surface area contributed by atoms with Gasteiger partial charge >= 0.3 is 170 Å². The van der Waals surface area contributed by atoms with Crippen LogP contribution in [0.4, 0.5) is 11.6 Å². The number of furan rings is 1. The molecule has 133 valence electrons. The second-order valence-electron chi connectivity index (χ2n) is 6.18. The standard InChI is InChI=1S/C22H16N2O3.Ga/c25-18-10-4-1-7-15(18)13-23-21-17-9-3-6-12-20(17)27-22(21)24-14-16-8-2-5-11-19(16)26;/h1-14,25-26H;/q;+2/p-2. The SMILES string of the molecule is C1=Nc2oc3ccccc3c2N=Cc2ccccc2[O][Ga][O]c2ccccc21. The Labute approximate surface area is 170 Å². The molecule has 0 amide bonds. The quantitative estimate of drug-likeness (QED) is 0.363. The number of hydrogen-bond acceptors (Lipinski definition) is 5. The van der Waals surface area contributed by atoms with Crippen LogP contribution in [0.3, 0.4) is 0 Å². The summed E-state index contributed by atoms with van der Waals surface area (Å²) in [5.41, 5.74) is 3.19. The maximum absolute atomic E-state index is 5.99. The molecule has 1 aromatic heterocycles. The zero-order valence-corrected chi connectivity index (χ0v) is 17.2. The zero-order chi connectivity index (χ0) is 18.8. The van der Waals surface area contributed by atoms with Gasteiger partial charge in [-0.2, -0.15) is 0 Å². The fourth-order valence-corrected chi connectivity index (χ4v) is 4.45. The summed E-state index contributed by atoms with van der Waals surface area (Å²) in [7, 11) is 0. The zero-order valence-electron chi connectivity index (χ0n) is 14.8. The maximum atomic E-state index is 5.99. The van der Waals surface area contributed by atoms with E-state index in [2.05, 4.69) is 4.99 Å². The second-order valence-corrected chi connectivity index (χ2v) is 7.57. The Balaban J connectivity index is 1.71. The fraction of sp³-hybridized carbons (Fsp3) is 0. The molecule has 5 rings (SSSR count). The van der Waals surface area contributed by atoms with Crippen LogP contribution in [-0.4, -0.2) is 30.6 Å². The third-order valence-electron chi connectivity index (χ3n) is 4.39. The van der Waals surface area contributed by atoms with Crippen LogP contribution in [0.25, 0.3) is 11.0 Å². The van der Waals surface area contributed by atoms with Crippen LogP contribution in [0.1, 0.15) is 11.1 Å². The van der Waals surface area contributed by atoms with Gasteiger partial charge in [0.1, 0.15) is 0 Å². The van der Waals surface area contributed by atoms with Gasteiger partial charge in [-0.3, -0.25) is 0 Å². The van der Waals surface area contributed by atoms with E-state index >= 15 is 0 Å². The molecule has 28 heavy (non-hydrogen) atoms. The van der Waals surface area contributed by atoms with Gasteiger partial charge in [0.15, 0.2) is 0 Å². The van der Waals surface area contributed by atoms with Crippen LogP contribution in [0.2, 0.25) is 0 Å². The number of fused-ring (bicyclic) bond motifs is 5. The molecule has 0 atom stereocenters. The predicted octanol–water partition coefficient (Wildman–Crippen LogP) is 5.24. The van der Waals surface area contributed by atoms with Crippen molar-refractivity contribution in [2.45, 2.75) is 0 Å². The van der Waals surface area contributed by atoms with E-state index in [0.29, 0.717) is 11.6 Å². The molecule has 0 spiro atoms. The minimum atomic E-state index is -1.44. The molecule has 0 fully saturated rings. The van der Waals surface area contributed by atoms with Crippen molar-refractivity contribution in [2.75, 3.05) is 0 Å². The van der Waals surface area contributed by atoms with Crippen molar-refractivity contribution in [2.24, 2.45) is 9.98 Å².